The van der Waals surface area contributed by atoms with Crippen LogP contribution in [-0.2, 0) is 13.1 Å². The van der Waals surface area contributed by atoms with Crippen molar-refractivity contribution in [3.63, 3.8) is 0 Å². The zero-order chi connectivity index (χ0) is 14.8. The first kappa shape index (κ1) is 17.1. The predicted molar refractivity (Wildman–Crippen MR) is 84.6 cm³/mol. The molecule has 0 spiro atoms. The lowest BCUT2D eigenvalue weighted by atomic mass is 10.3. The highest BCUT2D eigenvalue weighted by Crippen LogP contribution is 2.03. The minimum absolute atomic E-state index is 0.664. The second kappa shape index (κ2) is 9.91. The zero-order valence-electron chi connectivity index (χ0n) is 13.4. The molecule has 0 unspecified atom stereocenters. The molecule has 0 fully saturated rings. The first-order chi connectivity index (χ1) is 9.73. The molecule has 1 aromatic rings. The molecule has 20 heavy (non-hydrogen) atoms. The van der Waals surface area contributed by atoms with Gasteiger partial charge in [0, 0.05) is 25.8 Å². The van der Waals surface area contributed by atoms with Gasteiger partial charge in [-0.1, -0.05) is 20.8 Å². The Hall–Kier alpha value is -0.910. The molecule has 0 amide bonds. The molecule has 0 aliphatic rings. The van der Waals surface area contributed by atoms with Crippen LogP contribution >= 0.6 is 0 Å². The Morgan fingerprint density at radius 3 is 2.35 bits per heavy atom. The third-order valence-electron chi connectivity index (χ3n) is 3.75. The maximum Gasteiger partial charge on any atom is 0.0950 e. The Kier molecular flexibility index (Phi) is 8.49. The van der Waals surface area contributed by atoms with Gasteiger partial charge in [-0.15, -0.1) is 0 Å². The van der Waals surface area contributed by atoms with Crippen LogP contribution in [0.5, 0.6) is 0 Å². The van der Waals surface area contributed by atoms with Gasteiger partial charge in [-0.25, -0.2) is 4.98 Å². The van der Waals surface area contributed by atoms with Crippen LogP contribution in [0, 0.1) is 0 Å². The van der Waals surface area contributed by atoms with Crippen molar-refractivity contribution in [1.29, 1.82) is 0 Å². The van der Waals surface area contributed by atoms with Crippen molar-refractivity contribution in [2.45, 2.75) is 40.3 Å². The van der Waals surface area contributed by atoms with E-state index in [0.717, 1.165) is 45.0 Å². The molecule has 5 nitrogen and oxygen atoms in total. The fourth-order valence-corrected chi connectivity index (χ4v) is 2.40. The van der Waals surface area contributed by atoms with E-state index in [0.29, 0.717) is 6.54 Å². The van der Waals surface area contributed by atoms with Gasteiger partial charge in [0.15, 0.2) is 0 Å². The van der Waals surface area contributed by atoms with Gasteiger partial charge in [-0.2, -0.15) is 0 Å². The monoisotopic (exact) mass is 281 g/mol. The summed E-state index contributed by atoms with van der Waals surface area (Å²) in [6, 6.07) is 0. The van der Waals surface area contributed by atoms with Crippen LogP contribution in [0.2, 0.25) is 0 Å². The number of aromatic nitrogens is 2. The molecular formula is C15H31N5. The van der Waals surface area contributed by atoms with Crippen molar-refractivity contribution in [2.24, 2.45) is 5.73 Å². The highest BCUT2D eigenvalue weighted by Gasteiger charge is 2.07. The highest BCUT2D eigenvalue weighted by molar-refractivity contribution is 4.96. The molecule has 0 bridgehead atoms. The summed E-state index contributed by atoms with van der Waals surface area (Å²) in [6.07, 6.45) is 5.21. The molecule has 5 heteroatoms. The maximum atomic E-state index is 5.55. The largest absolute Gasteiger partial charge is 0.336 e. The Labute approximate surface area is 123 Å². The first-order valence-corrected chi connectivity index (χ1v) is 7.88. The molecule has 0 saturated heterocycles. The van der Waals surface area contributed by atoms with Gasteiger partial charge in [0.25, 0.3) is 0 Å². The van der Waals surface area contributed by atoms with E-state index in [-0.39, 0.29) is 0 Å². The van der Waals surface area contributed by atoms with Crippen molar-refractivity contribution in [3.05, 3.63) is 18.2 Å². The minimum Gasteiger partial charge on any atom is -0.336 e. The van der Waals surface area contributed by atoms with Gasteiger partial charge in [0.05, 0.1) is 12.0 Å². The molecule has 116 valence electrons. The summed E-state index contributed by atoms with van der Waals surface area (Å²) in [5.74, 6) is 0. The van der Waals surface area contributed by atoms with Crippen molar-refractivity contribution in [1.82, 2.24) is 19.4 Å². The van der Waals surface area contributed by atoms with Crippen LogP contribution in [0.1, 0.15) is 32.9 Å². The standard InChI is InChI=1S/C15H31N5/c1-4-18(5-2)9-7-10-19(6-3)12-15-13-20(11-8-16)14-17-15/h13-14H,4-12,16H2,1-3H3. The topological polar surface area (TPSA) is 50.3 Å². The number of hydrogen-bond acceptors (Lipinski definition) is 4. The summed E-state index contributed by atoms with van der Waals surface area (Å²) < 4.78 is 2.07. The SMILES string of the molecule is CCN(CC)CCCN(CC)Cc1cn(CCN)cn1. The molecule has 0 aromatic carbocycles. The molecule has 0 aliphatic carbocycles. The predicted octanol–water partition coefficient (Wildman–Crippen LogP) is 1.40. The van der Waals surface area contributed by atoms with Gasteiger partial charge < -0.3 is 15.2 Å². The highest BCUT2D eigenvalue weighted by atomic mass is 15.2. The smallest absolute Gasteiger partial charge is 0.0950 e. The molecular weight excluding hydrogens is 250 g/mol. The Morgan fingerprint density at radius 1 is 1.10 bits per heavy atom. The zero-order valence-corrected chi connectivity index (χ0v) is 13.4. The lowest BCUT2D eigenvalue weighted by molar-refractivity contribution is 0.237. The summed E-state index contributed by atoms with van der Waals surface area (Å²) >= 11 is 0. The van der Waals surface area contributed by atoms with Gasteiger partial charge in [0.1, 0.15) is 0 Å². The average molecular weight is 281 g/mol. The summed E-state index contributed by atoms with van der Waals surface area (Å²) in [7, 11) is 0. The molecule has 2 N–H and O–H groups in total. The van der Waals surface area contributed by atoms with E-state index < -0.39 is 0 Å². The number of nitrogens with zero attached hydrogens (tertiary/aromatic N) is 4. The van der Waals surface area contributed by atoms with Crippen molar-refractivity contribution in [2.75, 3.05) is 39.3 Å². The fraction of sp³-hybridized carbons (Fsp3) is 0.800. The molecule has 1 heterocycles. The van der Waals surface area contributed by atoms with Gasteiger partial charge >= 0.3 is 0 Å². The van der Waals surface area contributed by atoms with Gasteiger partial charge in [0.2, 0.25) is 0 Å². The van der Waals surface area contributed by atoms with E-state index in [2.05, 4.69) is 46.3 Å². The normalized spacial score (nSPS) is 11.7. The summed E-state index contributed by atoms with van der Waals surface area (Å²) in [4.78, 5) is 9.39. The molecule has 1 rings (SSSR count). The van der Waals surface area contributed by atoms with E-state index in [9.17, 15) is 0 Å². The van der Waals surface area contributed by atoms with Crippen LogP contribution in [0.15, 0.2) is 12.5 Å². The maximum absolute atomic E-state index is 5.55. The van der Waals surface area contributed by atoms with Crippen LogP contribution in [0.4, 0.5) is 0 Å². The average Bonchev–Trinajstić information content (AvgIpc) is 2.90. The second-order valence-corrected chi connectivity index (χ2v) is 5.14. The minimum atomic E-state index is 0.664. The number of imidazole rings is 1. The molecule has 0 aliphatic heterocycles. The van der Waals surface area contributed by atoms with Crippen LogP contribution < -0.4 is 5.73 Å². The second-order valence-electron chi connectivity index (χ2n) is 5.14. The van der Waals surface area contributed by atoms with Gasteiger partial charge in [-0.05, 0) is 39.1 Å². The third-order valence-corrected chi connectivity index (χ3v) is 3.75. The van der Waals surface area contributed by atoms with E-state index >= 15 is 0 Å². The van der Waals surface area contributed by atoms with Crippen LogP contribution in [-0.4, -0.2) is 58.6 Å². The number of hydrogen-bond donors (Lipinski definition) is 1. The van der Waals surface area contributed by atoms with Crippen LogP contribution in [0.3, 0.4) is 0 Å². The fourth-order valence-electron chi connectivity index (χ4n) is 2.40. The van der Waals surface area contributed by atoms with E-state index in [1.807, 2.05) is 6.33 Å². The molecule has 1 aromatic heterocycles. The van der Waals surface area contributed by atoms with E-state index in [1.165, 1.54) is 13.0 Å². The van der Waals surface area contributed by atoms with Crippen molar-refractivity contribution < 1.29 is 0 Å². The van der Waals surface area contributed by atoms with Gasteiger partial charge in [-0.3, -0.25) is 4.90 Å². The van der Waals surface area contributed by atoms with E-state index in [1.54, 1.807) is 0 Å². The summed E-state index contributed by atoms with van der Waals surface area (Å²) in [5.41, 5.74) is 6.70. The van der Waals surface area contributed by atoms with E-state index in [4.69, 9.17) is 5.73 Å². The van der Waals surface area contributed by atoms with Crippen molar-refractivity contribution in [3.8, 4) is 0 Å². The molecule has 0 radical (unpaired) electrons. The number of nitrogens with two attached hydrogens (primary N) is 1. The lowest BCUT2D eigenvalue weighted by Gasteiger charge is -2.22. The summed E-state index contributed by atoms with van der Waals surface area (Å²) in [5, 5.41) is 0. The molecule has 0 saturated carbocycles. The third kappa shape index (κ3) is 6.03. The Balaban J connectivity index is 2.34. The molecule has 0 atom stereocenters. The van der Waals surface area contributed by atoms with Crippen molar-refractivity contribution >= 4 is 0 Å². The quantitative estimate of drug-likeness (QED) is 0.666. The number of rotatable bonds is 11. The Morgan fingerprint density at radius 2 is 1.75 bits per heavy atom. The summed E-state index contributed by atoms with van der Waals surface area (Å²) in [6.45, 7) is 14.8. The first-order valence-electron chi connectivity index (χ1n) is 7.88. The Bertz CT molecular complexity index is 346. The lowest BCUT2D eigenvalue weighted by Crippen LogP contribution is -2.29. The van der Waals surface area contributed by atoms with Crippen LogP contribution in [0.25, 0.3) is 0 Å².